The molecule has 0 amide bonds. The Hall–Kier alpha value is -1.05. The summed E-state index contributed by atoms with van der Waals surface area (Å²) in [6.07, 6.45) is 5.82. The summed E-state index contributed by atoms with van der Waals surface area (Å²) in [5.74, 6) is 0.858. The van der Waals surface area contributed by atoms with Crippen molar-refractivity contribution in [3.8, 4) is 5.75 Å². The quantitative estimate of drug-likeness (QED) is 0.122. The van der Waals surface area contributed by atoms with Crippen molar-refractivity contribution < 1.29 is 76.8 Å². The zero-order valence-corrected chi connectivity index (χ0v) is 22.9. The molecule has 0 aromatic heterocycles. The zero-order valence-electron chi connectivity index (χ0n) is 17.9. The Morgan fingerprint density at radius 3 is 1.37 bits per heavy atom. The van der Waals surface area contributed by atoms with E-state index in [9.17, 15) is 26.3 Å². The van der Waals surface area contributed by atoms with Crippen LogP contribution >= 0.6 is 11.8 Å². The van der Waals surface area contributed by atoms with E-state index in [-0.39, 0.29) is 50.5 Å². The molecule has 2 radical (unpaired) electrons. The number of para-hydroxylation sites is 1. The average molecular weight is 766 g/mol. The number of hydrogen-bond acceptors (Lipinski definition) is 13. The molecule has 0 aliphatic heterocycles. The van der Waals surface area contributed by atoms with E-state index in [1.807, 2.05) is 54.5 Å². The van der Waals surface area contributed by atoms with Crippen molar-refractivity contribution in [3.05, 3.63) is 54.8 Å². The molecule has 0 unspecified atom stereocenters. The van der Waals surface area contributed by atoms with Crippen LogP contribution in [0.5, 0.6) is 5.75 Å². The fourth-order valence-electron chi connectivity index (χ4n) is 0.786. The van der Waals surface area contributed by atoms with E-state index in [2.05, 4.69) is 0 Å². The van der Waals surface area contributed by atoms with Crippen LogP contribution in [0.15, 0.2) is 41.8 Å². The molecule has 1 rings (SSSR count). The van der Waals surface area contributed by atoms with E-state index in [1.54, 1.807) is 18.4 Å². The molecule has 0 atom stereocenters. The Bertz CT molecular complexity index is 789. The van der Waals surface area contributed by atoms with Gasteiger partial charge in [-0.05, 0) is 23.8 Å². The summed E-state index contributed by atoms with van der Waals surface area (Å²) < 4.78 is 123. The summed E-state index contributed by atoms with van der Waals surface area (Å²) in [6.45, 7) is 1.67. The number of rotatable bonds is 5. The van der Waals surface area contributed by atoms with E-state index in [0.29, 0.717) is 0 Å². The smallest absolute Gasteiger partial charge is 0.741 e. The minimum Gasteiger partial charge on any atom is -0.741 e. The molecule has 35 heavy (non-hydrogen) atoms. The van der Waals surface area contributed by atoms with Gasteiger partial charge in [0.1, 0.15) is 12.4 Å². The van der Waals surface area contributed by atoms with Crippen LogP contribution in [-0.2, 0) is 40.0 Å². The number of alkyl halides is 6. The van der Waals surface area contributed by atoms with Gasteiger partial charge in [-0.25, -0.2) is 16.8 Å². The van der Waals surface area contributed by atoms with Gasteiger partial charge in [0.05, 0.1) is 0 Å². The Morgan fingerprint density at radius 1 is 0.800 bits per heavy atom. The third-order valence-electron chi connectivity index (χ3n) is 1.92. The Labute approximate surface area is 217 Å². The average Bonchev–Trinajstić information content (AvgIpc) is 2.53. The van der Waals surface area contributed by atoms with Crippen LogP contribution < -0.4 is 35.5 Å². The first-order valence-electron chi connectivity index (χ1n) is 6.54. The standard InChI is InChI=1S/C11H12OS.2CHF3O3S.5H3N.Os/c1-13-10-6-5-9-12-11-7-3-2-4-8-11;2*2-1(3,4)8(5,6)7;;;;;;/h2-10H,1H3;2*(H,5,6,7);5*1H3;/q;;;;;;;;+2/p-2/b10-6-;;;;;;;;. The second kappa shape index (κ2) is 24.6. The number of thioether (sulfide) groups is 1. The summed E-state index contributed by atoms with van der Waals surface area (Å²) in [7, 11) is -12.2. The van der Waals surface area contributed by atoms with Crippen molar-refractivity contribution in [2.24, 2.45) is 0 Å². The maximum absolute atomic E-state index is 10.7. The first kappa shape index (κ1) is 54.7. The van der Waals surface area contributed by atoms with Gasteiger partial charge in [0.2, 0.25) is 0 Å². The molecule has 214 valence electrons. The van der Waals surface area contributed by atoms with E-state index in [1.165, 1.54) is 0 Å². The van der Waals surface area contributed by atoms with Crippen molar-refractivity contribution in [2.45, 2.75) is 11.0 Å². The molecular weight excluding hydrogens is 739 g/mol. The minimum absolute atomic E-state index is 0. The van der Waals surface area contributed by atoms with Gasteiger partial charge >= 0.3 is 30.8 Å². The largest absolute Gasteiger partial charge is 2.00 e. The summed E-state index contributed by atoms with van der Waals surface area (Å²) in [6, 6.07) is 9.69. The number of benzene rings is 1. The predicted octanol–water partition coefficient (Wildman–Crippen LogP) is 4.22. The van der Waals surface area contributed by atoms with Gasteiger partial charge < -0.3 is 44.6 Å². The normalized spacial score (nSPS) is 10.3. The summed E-state index contributed by atoms with van der Waals surface area (Å²) in [5, 5.41) is 1.99. The fraction of sp³-hybridized carbons (Fsp3) is 0.231. The third kappa shape index (κ3) is 30.9. The molecule has 0 spiro atoms. The summed E-state index contributed by atoms with van der Waals surface area (Å²) in [5.41, 5.74) is -11.3. The number of ether oxygens (including phenoxy) is 1. The second-order valence-corrected chi connectivity index (χ2v) is 7.61. The topological polar surface area (TPSA) is 299 Å². The van der Waals surface area contributed by atoms with Crippen molar-refractivity contribution in [1.29, 1.82) is 0 Å². The molecule has 0 saturated heterocycles. The molecule has 0 fully saturated rings. The van der Waals surface area contributed by atoms with Crippen LogP contribution in [0.4, 0.5) is 26.3 Å². The van der Waals surface area contributed by atoms with E-state index < -0.39 is 31.3 Å². The van der Waals surface area contributed by atoms with Crippen LogP contribution in [-0.4, -0.2) is 43.2 Å². The van der Waals surface area contributed by atoms with Crippen LogP contribution in [0.1, 0.15) is 0 Å². The Kier molecular flexibility index (Phi) is 38.5. The van der Waals surface area contributed by atoms with Gasteiger partial charge in [0.15, 0.2) is 20.2 Å². The molecule has 1 aromatic rings. The van der Waals surface area contributed by atoms with Crippen molar-refractivity contribution in [2.75, 3.05) is 6.26 Å². The van der Waals surface area contributed by atoms with E-state index in [0.717, 1.165) is 5.75 Å². The Balaban J connectivity index is -0.0000000499. The van der Waals surface area contributed by atoms with Crippen LogP contribution in [0.3, 0.4) is 0 Å². The zero-order chi connectivity index (χ0) is 23.4. The van der Waals surface area contributed by atoms with Gasteiger partial charge in [-0.3, -0.25) is 0 Å². The number of hydrogen-bond donors (Lipinski definition) is 5. The second-order valence-electron chi connectivity index (χ2n) is 4.12. The molecule has 12 nitrogen and oxygen atoms in total. The molecule has 0 aliphatic rings. The molecule has 0 heterocycles. The minimum atomic E-state index is -6.09. The molecule has 22 heteroatoms. The van der Waals surface area contributed by atoms with Crippen LogP contribution in [0, 0.1) is 13.0 Å². The maximum Gasteiger partial charge on any atom is 2.00 e. The first-order valence-corrected chi connectivity index (χ1v) is 10.6. The van der Waals surface area contributed by atoms with Gasteiger partial charge in [-0.1, -0.05) is 24.3 Å². The molecule has 0 bridgehead atoms. The van der Waals surface area contributed by atoms with Gasteiger partial charge in [-0.15, -0.1) is 11.8 Å². The Morgan fingerprint density at radius 2 is 1.11 bits per heavy atom. The van der Waals surface area contributed by atoms with E-state index >= 15 is 0 Å². The SMILES string of the molecule is CS/C=C\[CH][CH]Oc1ccccc1.N.N.N.N.N.O=S(=O)([O-])C(F)(F)F.O=S(=O)([O-])C(F)(F)F.[Os+2]. The number of halogens is 6. The maximum atomic E-state index is 10.7. The molecule has 15 N–H and O–H groups in total. The summed E-state index contributed by atoms with van der Waals surface area (Å²) in [4.78, 5) is 0. The van der Waals surface area contributed by atoms with Crippen molar-refractivity contribution in [1.82, 2.24) is 30.8 Å². The summed E-state index contributed by atoms with van der Waals surface area (Å²) >= 11 is 1.66. The van der Waals surface area contributed by atoms with Crippen molar-refractivity contribution in [3.63, 3.8) is 0 Å². The molecular formula is C13H27F6N5O7OsS3. The van der Waals surface area contributed by atoms with Crippen molar-refractivity contribution >= 4 is 32.0 Å². The fourth-order valence-corrected chi connectivity index (χ4v) is 1.03. The van der Waals surface area contributed by atoms with Gasteiger partial charge in [0.25, 0.3) is 0 Å². The van der Waals surface area contributed by atoms with Crippen LogP contribution in [0.2, 0.25) is 0 Å². The predicted molar refractivity (Wildman–Crippen MR) is 115 cm³/mol. The van der Waals surface area contributed by atoms with Crippen LogP contribution in [0.25, 0.3) is 0 Å². The molecule has 0 aliphatic carbocycles. The van der Waals surface area contributed by atoms with Gasteiger partial charge in [0, 0.05) is 6.42 Å². The monoisotopic (exact) mass is 767 g/mol. The van der Waals surface area contributed by atoms with E-state index in [4.69, 9.17) is 30.7 Å². The molecule has 1 aromatic carbocycles. The third-order valence-corrected chi connectivity index (χ3v) is 3.48. The van der Waals surface area contributed by atoms with Gasteiger partial charge in [-0.2, -0.15) is 26.3 Å². The molecule has 0 saturated carbocycles. The first-order chi connectivity index (χ1) is 12.9.